The van der Waals surface area contributed by atoms with Gasteiger partial charge in [-0.2, -0.15) is 0 Å². The molecule has 0 saturated heterocycles. The average Bonchev–Trinajstić information content (AvgIpc) is 3.22. The molecule has 0 aromatic carbocycles. The van der Waals surface area contributed by atoms with Crippen LogP contribution in [0.15, 0.2) is 24.5 Å². The highest BCUT2D eigenvalue weighted by Gasteiger charge is 2.24. The van der Waals surface area contributed by atoms with Gasteiger partial charge in [0.25, 0.3) is 5.91 Å². The van der Waals surface area contributed by atoms with Crippen molar-refractivity contribution < 1.29 is 4.79 Å². The summed E-state index contributed by atoms with van der Waals surface area (Å²) in [5.41, 5.74) is 1.73. The maximum absolute atomic E-state index is 12.8. The quantitative estimate of drug-likeness (QED) is 0.687. The minimum Gasteiger partial charge on any atom is -0.362 e. The van der Waals surface area contributed by atoms with E-state index in [1.807, 2.05) is 26.0 Å². The Morgan fingerprint density at radius 3 is 3.04 bits per heavy atom. The van der Waals surface area contributed by atoms with Gasteiger partial charge in [-0.15, -0.1) is 10.2 Å². The number of carbonyl (C=O) groups is 1. The summed E-state index contributed by atoms with van der Waals surface area (Å²) in [6.07, 6.45) is 6.01. The van der Waals surface area contributed by atoms with Crippen molar-refractivity contribution in [3.8, 4) is 11.4 Å². The van der Waals surface area contributed by atoms with Gasteiger partial charge in [0.1, 0.15) is 10.7 Å². The van der Waals surface area contributed by atoms with Crippen molar-refractivity contribution in [2.75, 3.05) is 11.9 Å². The third-order valence-electron chi connectivity index (χ3n) is 4.83. The number of carbonyl (C=O) groups excluding carboxylic acids is 1. The maximum atomic E-state index is 12.8. The van der Waals surface area contributed by atoms with Crippen LogP contribution >= 0.6 is 11.3 Å². The average molecular weight is 398 g/mol. The van der Waals surface area contributed by atoms with Crippen LogP contribution in [-0.4, -0.2) is 43.2 Å². The number of rotatable bonds is 5. The molecule has 0 saturated carbocycles. The van der Waals surface area contributed by atoms with Crippen LogP contribution in [0.25, 0.3) is 11.4 Å². The van der Waals surface area contributed by atoms with Crippen molar-refractivity contribution in [2.45, 2.75) is 45.7 Å². The highest BCUT2D eigenvalue weighted by Crippen LogP contribution is 2.24. The lowest BCUT2D eigenvalue weighted by atomic mass is 10.1. The Morgan fingerprint density at radius 1 is 1.36 bits per heavy atom. The van der Waals surface area contributed by atoms with Gasteiger partial charge in [-0.1, -0.05) is 11.3 Å². The molecule has 2 N–H and O–H groups in total. The van der Waals surface area contributed by atoms with E-state index in [0.29, 0.717) is 4.88 Å². The Balaban J connectivity index is 1.45. The first-order chi connectivity index (χ1) is 13.7. The van der Waals surface area contributed by atoms with Crippen molar-refractivity contribution >= 4 is 22.4 Å². The van der Waals surface area contributed by atoms with E-state index in [0.717, 1.165) is 60.4 Å². The van der Waals surface area contributed by atoms with E-state index in [9.17, 15) is 4.79 Å². The van der Waals surface area contributed by atoms with Crippen molar-refractivity contribution in [1.82, 2.24) is 30.0 Å². The van der Waals surface area contributed by atoms with Gasteiger partial charge in [-0.3, -0.25) is 9.78 Å². The van der Waals surface area contributed by atoms with Gasteiger partial charge >= 0.3 is 0 Å². The molecule has 1 aliphatic heterocycles. The molecule has 1 atom stereocenters. The zero-order valence-corrected chi connectivity index (χ0v) is 16.8. The molecule has 3 aromatic rings. The van der Waals surface area contributed by atoms with Crippen LogP contribution in [0.1, 0.15) is 41.0 Å². The van der Waals surface area contributed by atoms with Crippen LogP contribution in [0.5, 0.6) is 0 Å². The summed E-state index contributed by atoms with van der Waals surface area (Å²) in [5.74, 6) is 1.75. The first-order valence-electron chi connectivity index (χ1n) is 9.50. The SMILES string of the molecule is CCNc1nc(C)c(C(=O)NC2CCc3nnc(-c4cccnc4)n3CC2)s1. The number of hydrogen-bond acceptors (Lipinski definition) is 7. The monoisotopic (exact) mass is 397 g/mol. The maximum Gasteiger partial charge on any atom is 0.263 e. The fourth-order valence-corrected chi connectivity index (χ4v) is 4.36. The summed E-state index contributed by atoms with van der Waals surface area (Å²) in [7, 11) is 0. The van der Waals surface area contributed by atoms with E-state index in [4.69, 9.17) is 0 Å². The molecule has 28 heavy (non-hydrogen) atoms. The van der Waals surface area contributed by atoms with Crippen molar-refractivity contribution in [3.63, 3.8) is 0 Å². The van der Waals surface area contributed by atoms with Crippen molar-refractivity contribution in [1.29, 1.82) is 0 Å². The number of pyridine rings is 1. The van der Waals surface area contributed by atoms with Crippen LogP contribution in [-0.2, 0) is 13.0 Å². The van der Waals surface area contributed by atoms with E-state index in [1.54, 1.807) is 12.4 Å². The van der Waals surface area contributed by atoms with E-state index < -0.39 is 0 Å². The topological polar surface area (TPSA) is 97.6 Å². The van der Waals surface area contributed by atoms with Crippen LogP contribution in [0.3, 0.4) is 0 Å². The number of nitrogens with one attached hydrogen (secondary N) is 2. The molecule has 1 aliphatic rings. The van der Waals surface area contributed by atoms with Crippen molar-refractivity contribution in [3.05, 3.63) is 40.9 Å². The molecule has 3 aromatic heterocycles. The number of amides is 1. The highest BCUT2D eigenvalue weighted by molar-refractivity contribution is 7.17. The third kappa shape index (κ3) is 3.75. The molecule has 0 aliphatic carbocycles. The number of thiazole rings is 1. The minimum atomic E-state index is -0.0469. The second-order valence-electron chi connectivity index (χ2n) is 6.79. The number of fused-ring (bicyclic) bond motifs is 1. The van der Waals surface area contributed by atoms with Crippen molar-refractivity contribution in [2.24, 2.45) is 0 Å². The summed E-state index contributed by atoms with van der Waals surface area (Å²) in [6.45, 7) is 5.44. The minimum absolute atomic E-state index is 0.0469. The van der Waals surface area contributed by atoms with E-state index >= 15 is 0 Å². The van der Waals surface area contributed by atoms with E-state index in [2.05, 4.69) is 35.4 Å². The molecule has 8 nitrogen and oxygen atoms in total. The summed E-state index contributed by atoms with van der Waals surface area (Å²) < 4.78 is 2.14. The predicted octanol–water partition coefficient (Wildman–Crippen LogP) is 2.67. The Labute approximate surface area is 167 Å². The third-order valence-corrected chi connectivity index (χ3v) is 5.94. The fourth-order valence-electron chi connectivity index (χ4n) is 3.43. The van der Waals surface area contributed by atoms with Gasteiger partial charge in [-0.25, -0.2) is 4.98 Å². The highest BCUT2D eigenvalue weighted by atomic mass is 32.1. The van der Waals surface area contributed by atoms with E-state index in [-0.39, 0.29) is 11.9 Å². The lowest BCUT2D eigenvalue weighted by Crippen LogP contribution is -2.35. The molecule has 9 heteroatoms. The lowest BCUT2D eigenvalue weighted by Gasteiger charge is -2.15. The smallest absolute Gasteiger partial charge is 0.263 e. The number of aromatic nitrogens is 5. The molecule has 0 fully saturated rings. The molecule has 4 rings (SSSR count). The molecule has 0 spiro atoms. The Morgan fingerprint density at radius 2 is 2.25 bits per heavy atom. The zero-order valence-electron chi connectivity index (χ0n) is 16.0. The van der Waals surface area contributed by atoms with Crippen LogP contribution in [0.4, 0.5) is 5.13 Å². The molecule has 1 unspecified atom stereocenters. The number of aryl methyl sites for hydroxylation is 2. The Hall–Kier alpha value is -2.81. The normalized spacial score (nSPS) is 16.3. The molecule has 1 amide bonds. The van der Waals surface area contributed by atoms with Gasteiger partial charge in [0.05, 0.1) is 5.69 Å². The Bertz CT molecular complexity index is 966. The van der Waals surface area contributed by atoms with Crippen LogP contribution in [0, 0.1) is 6.92 Å². The lowest BCUT2D eigenvalue weighted by molar-refractivity contribution is 0.0936. The molecule has 0 bridgehead atoms. The summed E-state index contributed by atoms with van der Waals surface area (Å²) >= 11 is 1.41. The molecule has 4 heterocycles. The molecule has 0 radical (unpaired) electrons. The number of anilines is 1. The van der Waals surface area contributed by atoms with E-state index in [1.165, 1.54) is 11.3 Å². The molecular formula is C19H23N7OS. The molecule has 146 valence electrons. The van der Waals surface area contributed by atoms with Crippen LogP contribution in [0.2, 0.25) is 0 Å². The predicted molar refractivity (Wildman–Crippen MR) is 108 cm³/mol. The number of hydrogen-bond donors (Lipinski definition) is 2. The first kappa shape index (κ1) is 18.5. The first-order valence-corrected chi connectivity index (χ1v) is 10.3. The number of nitrogens with zero attached hydrogens (tertiary/aromatic N) is 5. The molecular weight excluding hydrogens is 374 g/mol. The second-order valence-corrected chi connectivity index (χ2v) is 7.79. The van der Waals surface area contributed by atoms with Gasteiger partial charge in [0.2, 0.25) is 0 Å². The summed E-state index contributed by atoms with van der Waals surface area (Å²) in [4.78, 5) is 22.0. The van der Waals surface area contributed by atoms with Gasteiger partial charge in [0, 0.05) is 43.5 Å². The summed E-state index contributed by atoms with van der Waals surface area (Å²) in [5, 5.41) is 15.9. The summed E-state index contributed by atoms with van der Waals surface area (Å²) in [6, 6.07) is 3.98. The van der Waals surface area contributed by atoms with Gasteiger partial charge < -0.3 is 15.2 Å². The second kappa shape index (κ2) is 8.05. The zero-order chi connectivity index (χ0) is 19.5. The van der Waals surface area contributed by atoms with Gasteiger partial charge in [0.15, 0.2) is 11.0 Å². The largest absolute Gasteiger partial charge is 0.362 e. The fraction of sp³-hybridized carbons (Fsp3) is 0.421. The Kier molecular flexibility index (Phi) is 5.34. The standard InChI is InChI=1S/C19H23N7OS/c1-3-21-19-22-12(2)16(28-19)18(27)23-14-6-7-15-24-25-17(26(15)10-8-14)13-5-4-9-20-11-13/h4-5,9,11,14H,3,6-8,10H2,1-2H3,(H,21,22)(H,23,27). The van der Waals surface area contributed by atoms with Gasteiger partial charge in [-0.05, 0) is 38.8 Å². The van der Waals surface area contributed by atoms with Crippen LogP contribution < -0.4 is 10.6 Å².